The van der Waals surface area contributed by atoms with Gasteiger partial charge in [0.15, 0.2) is 12.2 Å². The number of esters is 4. The predicted octanol–water partition coefficient (Wildman–Crippen LogP) is 22.2. The van der Waals surface area contributed by atoms with Crippen molar-refractivity contribution in [1.82, 2.24) is 0 Å². The Hall–Kier alpha value is -3.76. The molecule has 0 aromatic carbocycles. The minimum Gasteiger partial charge on any atom is -0.462 e. The van der Waals surface area contributed by atoms with Gasteiger partial charge in [0.05, 0.1) is 26.4 Å². The van der Waals surface area contributed by atoms with E-state index in [4.69, 9.17) is 37.0 Å². The molecule has 0 fully saturated rings. The molecule has 5 atom stereocenters. The van der Waals surface area contributed by atoms with Gasteiger partial charge >= 0.3 is 39.5 Å². The molecule has 19 heteroatoms. The van der Waals surface area contributed by atoms with E-state index in [0.717, 1.165) is 154 Å². The van der Waals surface area contributed by atoms with Crippen LogP contribution in [0.2, 0.25) is 0 Å². The number of carbonyl (C=O) groups excluding carboxylic acids is 4. The molecule has 0 aliphatic rings. The summed E-state index contributed by atoms with van der Waals surface area (Å²) in [7, 11) is -9.95. The predicted molar refractivity (Wildman–Crippen MR) is 399 cm³/mol. The number of rotatable bonds is 73. The van der Waals surface area contributed by atoms with Gasteiger partial charge in [-0.2, -0.15) is 0 Å². The molecule has 0 aromatic heterocycles. The fourth-order valence-corrected chi connectivity index (χ4v) is 12.1. The molecule has 0 saturated carbocycles. The highest BCUT2D eigenvalue weighted by Gasteiger charge is 2.30. The summed E-state index contributed by atoms with van der Waals surface area (Å²) in [5, 5.41) is 10.6. The summed E-state index contributed by atoms with van der Waals surface area (Å²) >= 11 is 0. The number of phosphoric acid groups is 2. The summed E-state index contributed by atoms with van der Waals surface area (Å²) in [5.41, 5.74) is 0. The zero-order valence-corrected chi connectivity index (χ0v) is 63.7. The van der Waals surface area contributed by atoms with Crippen LogP contribution in [0.4, 0.5) is 0 Å². The first-order valence-corrected chi connectivity index (χ1v) is 41.8. The van der Waals surface area contributed by atoms with E-state index in [1.54, 1.807) is 0 Å². The van der Waals surface area contributed by atoms with Crippen molar-refractivity contribution < 1.29 is 80.2 Å². The second-order valence-corrected chi connectivity index (χ2v) is 28.8. The molecule has 17 nitrogen and oxygen atoms in total. The quantitative estimate of drug-likeness (QED) is 0.0169. The van der Waals surface area contributed by atoms with Gasteiger partial charge in [-0.3, -0.25) is 37.3 Å². The number of hydrogen-bond donors (Lipinski definition) is 3. The van der Waals surface area contributed by atoms with Crippen LogP contribution in [-0.4, -0.2) is 96.7 Å². The normalized spacial score (nSPS) is 14.4. The summed E-state index contributed by atoms with van der Waals surface area (Å²) in [5.74, 6) is -2.21. The van der Waals surface area contributed by atoms with Crippen molar-refractivity contribution in [2.24, 2.45) is 0 Å². The first-order chi connectivity index (χ1) is 47.7. The van der Waals surface area contributed by atoms with E-state index in [0.29, 0.717) is 25.7 Å². The third kappa shape index (κ3) is 70.7. The van der Waals surface area contributed by atoms with E-state index in [1.165, 1.54) is 103 Å². The SMILES string of the molecule is CC/C=C\C/C=C\C/C=C\C/C=C\CCCCC(=O)OCC(COP(=O)(O)OCC(O)COP(=O)(O)OCC(COC(=O)CCCCCCCCC/C=C\C/C=C\C/C=C\CC)OC(=O)CCCCCCCCCCCCCCCCC)OC(=O)CCCCCCCCCCCCC. The average molecular weight is 1420 g/mol. The average Bonchev–Trinajstić information content (AvgIpc) is 0.985. The molecule has 0 radical (unpaired) electrons. The van der Waals surface area contributed by atoms with Crippen molar-refractivity contribution in [2.45, 2.75) is 354 Å². The highest BCUT2D eigenvalue weighted by Crippen LogP contribution is 2.45. The number of unbranched alkanes of at least 4 members (excludes halogenated alkanes) is 33. The van der Waals surface area contributed by atoms with Gasteiger partial charge in [0.2, 0.25) is 0 Å². The lowest BCUT2D eigenvalue weighted by atomic mass is 10.0. The molecule has 0 aliphatic heterocycles. The molecule has 0 saturated heterocycles. The van der Waals surface area contributed by atoms with Gasteiger partial charge in [0.25, 0.3) is 0 Å². The molecular weight excluding hydrogens is 1280 g/mol. The molecule has 0 aromatic rings. The Morgan fingerprint density at radius 3 is 0.837 bits per heavy atom. The van der Waals surface area contributed by atoms with Crippen LogP contribution < -0.4 is 0 Å². The third-order valence-electron chi connectivity index (χ3n) is 16.4. The minimum absolute atomic E-state index is 0.0895. The largest absolute Gasteiger partial charge is 0.472 e. The van der Waals surface area contributed by atoms with Gasteiger partial charge in [-0.25, -0.2) is 9.13 Å². The van der Waals surface area contributed by atoms with Gasteiger partial charge < -0.3 is 33.8 Å². The Balaban J connectivity index is 5.33. The molecule has 0 aliphatic carbocycles. The van der Waals surface area contributed by atoms with E-state index in [2.05, 4.69) is 113 Å². The molecule has 3 N–H and O–H groups in total. The first kappa shape index (κ1) is 94.2. The molecule has 0 heterocycles. The van der Waals surface area contributed by atoms with E-state index in [-0.39, 0.29) is 25.7 Å². The third-order valence-corrected chi connectivity index (χ3v) is 18.3. The van der Waals surface area contributed by atoms with E-state index >= 15 is 0 Å². The maximum absolute atomic E-state index is 13.1. The molecule has 568 valence electrons. The Labute approximate surface area is 595 Å². The number of aliphatic hydroxyl groups excluding tert-OH is 1. The van der Waals surface area contributed by atoms with Crippen LogP contribution in [0.1, 0.15) is 336 Å². The van der Waals surface area contributed by atoms with Crippen molar-refractivity contribution in [3.63, 3.8) is 0 Å². The van der Waals surface area contributed by atoms with Gasteiger partial charge in [-0.1, -0.05) is 299 Å². The van der Waals surface area contributed by atoms with Gasteiger partial charge in [0, 0.05) is 25.7 Å². The van der Waals surface area contributed by atoms with Crippen LogP contribution in [0.3, 0.4) is 0 Å². The van der Waals surface area contributed by atoms with Crippen LogP contribution in [0.15, 0.2) is 85.1 Å². The summed E-state index contributed by atoms with van der Waals surface area (Å²) in [6.45, 7) is 4.63. The van der Waals surface area contributed by atoms with Crippen LogP contribution in [0.5, 0.6) is 0 Å². The van der Waals surface area contributed by atoms with Crippen molar-refractivity contribution in [1.29, 1.82) is 0 Å². The number of phosphoric ester groups is 2. The van der Waals surface area contributed by atoms with Crippen LogP contribution in [0, 0.1) is 0 Å². The zero-order valence-electron chi connectivity index (χ0n) is 62.0. The number of aliphatic hydroxyl groups is 1. The molecule has 0 bridgehead atoms. The first-order valence-electron chi connectivity index (χ1n) is 38.8. The lowest BCUT2D eigenvalue weighted by molar-refractivity contribution is -0.161. The van der Waals surface area contributed by atoms with Crippen LogP contribution in [-0.2, 0) is 65.4 Å². The Morgan fingerprint density at radius 1 is 0.296 bits per heavy atom. The smallest absolute Gasteiger partial charge is 0.462 e. The molecule has 5 unspecified atom stereocenters. The second-order valence-electron chi connectivity index (χ2n) is 25.9. The Bertz CT molecular complexity index is 2190. The maximum Gasteiger partial charge on any atom is 0.472 e. The van der Waals surface area contributed by atoms with Gasteiger partial charge in [-0.15, -0.1) is 0 Å². The number of carbonyl (C=O) groups is 4. The summed E-state index contributed by atoms with van der Waals surface area (Å²) in [4.78, 5) is 72.8. The maximum atomic E-state index is 13.1. The number of ether oxygens (including phenoxy) is 4. The van der Waals surface area contributed by atoms with Crippen molar-refractivity contribution in [3.05, 3.63) is 85.1 Å². The monoisotopic (exact) mass is 1420 g/mol. The summed E-state index contributed by atoms with van der Waals surface area (Å²) in [6.07, 6.45) is 72.9. The van der Waals surface area contributed by atoms with Gasteiger partial charge in [0.1, 0.15) is 19.3 Å². The molecule has 0 spiro atoms. The van der Waals surface area contributed by atoms with E-state index < -0.39 is 97.5 Å². The Morgan fingerprint density at radius 2 is 0.531 bits per heavy atom. The van der Waals surface area contributed by atoms with Gasteiger partial charge in [-0.05, 0) is 96.3 Å². The highest BCUT2D eigenvalue weighted by atomic mass is 31.2. The fraction of sp³-hybridized carbons (Fsp3) is 0.772. The van der Waals surface area contributed by atoms with Crippen molar-refractivity contribution >= 4 is 39.5 Å². The number of hydrogen-bond acceptors (Lipinski definition) is 15. The van der Waals surface area contributed by atoms with Crippen LogP contribution >= 0.6 is 15.6 Å². The molecular formula is C79H140O17P2. The van der Waals surface area contributed by atoms with E-state index in [9.17, 15) is 43.2 Å². The topological polar surface area (TPSA) is 237 Å². The lowest BCUT2D eigenvalue weighted by Crippen LogP contribution is -2.30. The summed E-state index contributed by atoms with van der Waals surface area (Å²) < 4.78 is 68.5. The number of allylic oxidation sites excluding steroid dienone is 14. The zero-order chi connectivity index (χ0) is 71.8. The fourth-order valence-electron chi connectivity index (χ4n) is 10.5. The highest BCUT2D eigenvalue weighted by molar-refractivity contribution is 7.47. The second kappa shape index (κ2) is 71.6. The van der Waals surface area contributed by atoms with Crippen LogP contribution in [0.25, 0.3) is 0 Å². The summed E-state index contributed by atoms with van der Waals surface area (Å²) in [6, 6.07) is 0. The van der Waals surface area contributed by atoms with Crippen molar-refractivity contribution in [3.8, 4) is 0 Å². The standard InChI is InChI=1S/C79H140O17P2/c1-5-9-13-17-21-25-29-32-35-36-39-41-45-48-52-56-60-64-77(82)90-70-75(96-79(84)66-62-58-54-50-46-42-38-34-31-27-23-19-15-11-7-3)72-94-98(87,88)92-68-73(80)67-91-97(85,86)93-71-74(95-78(83)65-61-57-53-49-43-28-24-20-16-12-8-4)69-89-76(81)63-59-55-51-47-44-40-37-33-30-26-22-18-14-10-6-2/h9-10,13-14,21-22,25-26,32-33,35,37,44,47,73-75,80H,5-8,11-12,15-20,23-24,27-31,34,36,38-43,45-46,48-72H2,1-4H3,(H,85,86)(H,87,88)/b13-9-,14-10-,25-21-,26-22-,35-32-,37-33-,47-44-. The Kier molecular flexibility index (Phi) is 68.9. The minimum atomic E-state index is -4.98. The van der Waals surface area contributed by atoms with E-state index in [1.807, 2.05) is 0 Å². The molecule has 0 rings (SSSR count). The van der Waals surface area contributed by atoms with Crippen molar-refractivity contribution in [2.75, 3.05) is 39.6 Å². The molecule has 98 heavy (non-hydrogen) atoms. The molecule has 0 amide bonds. The lowest BCUT2D eigenvalue weighted by Gasteiger charge is -2.21.